The van der Waals surface area contributed by atoms with Gasteiger partial charge in [-0.2, -0.15) is 0 Å². The van der Waals surface area contributed by atoms with E-state index in [1.807, 2.05) is 0 Å². The SMILES string of the molecule is CC(C)NCc1cnc(-c2ccc(F)cn2)[nH]1. The third-order valence-electron chi connectivity index (χ3n) is 2.30. The van der Waals surface area contributed by atoms with E-state index in [0.29, 0.717) is 17.6 Å². The Labute approximate surface area is 99.3 Å². The number of H-pyrrole nitrogens is 1. The minimum Gasteiger partial charge on any atom is -0.339 e. The molecule has 90 valence electrons. The second-order valence-electron chi connectivity index (χ2n) is 4.15. The average molecular weight is 234 g/mol. The molecule has 4 nitrogen and oxygen atoms in total. The second-order valence-corrected chi connectivity index (χ2v) is 4.15. The summed E-state index contributed by atoms with van der Waals surface area (Å²) >= 11 is 0. The van der Waals surface area contributed by atoms with Crippen molar-refractivity contribution in [3.63, 3.8) is 0 Å². The van der Waals surface area contributed by atoms with Crippen molar-refractivity contribution < 1.29 is 4.39 Å². The van der Waals surface area contributed by atoms with Crippen molar-refractivity contribution in [2.75, 3.05) is 0 Å². The first-order valence-electron chi connectivity index (χ1n) is 5.54. The molecule has 0 radical (unpaired) electrons. The fraction of sp³-hybridized carbons (Fsp3) is 0.333. The molecule has 2 rings (SSSR count). The minimum atomic E-state index is -0.345. The fourth-order valence-electron chi connectivity index (χ4n) is 1.41. The van der Waals surface area contributed by atoms with Gasteiger partial charge in [-0.3, -0.25) is 0 Å². The van der Waals surface area contributed by atoms with Crippen LogP contribution in [0.15, 0.2) is 24.5 Å². The molecule has 0 aliphatic heterocycles. The highest BCUT2D eigenvalue weighted by molar-refractivity contribution is 5.48. The van der Waals surface area contributed by atoms with Crippen LogP contribution in [-0.2, 0) is 6.54 Å². The van der Waals surface area contributed by atoms with E-state index in [0.717, 1.165) is 12.2 Å². The lowest BCUT2D eigenvalue weighted by molar-refractivity contribution is 0.583. The predicted molar refractivity (Wildman–Crippen MR) is 63.8 cm³/mol. The van der Waals surface area contributed by atoms with Crippen LogP contribution < -0.4 is 5.32 Å². The van der Waals surface area contributed by atoms with Gasteiger partial charge in [0.25, 0.3) is 0 Å². The van der Waals surface area contributed by atoms with E-state index >= 15 is 0 Å². The Bertz CT molecular complexity index is 476. The smallest absolute Gasteiger partial charge is 0.156 e. The van der Waals surface area contributed by atoms with Gasteiger partial charge in [0.2, 0.25) is 0 Å². The predicted octanol–water partition coefficient (Wildman–Crippen LogP) is 2.11. The van der Waals surface area contributed by atoms with Crippen LogP contribution in [0.25, 0.3) is 11.5 Å². The molecular formula is C12H15FN4. The molecule has 0 aliphatic carbocycles. The number of aromatic nitrogens is 3. The van der Waals surface area contributed by atoms with Crippen molar-refractivity contribution in [3.05, 3.63) is 36.0 Å². The summed E-state index contributed by atoms with van der Waals surface area (Å²) in [7, 11) is 0. The van der Waals surface area contributed by atoms with Crippen molar-refractivity contribution in [2.45, 2.75) is 26.4 Å². The molecule has 2 aromatic rings. The van der Waals surface area contributed by atoms with Gasteiger partial charge in [-0.25, -0.2) is 14.4 Å². The first-order valence-corrected chi connectivity index (χ1v) is 5.54. The number of pyridine rings is 1. The molecule has 2 heterocycles. The molecule has 2 aromatic heterocycles. The Morgan fingerprint density at radius 1 is 1.29 bits per heavy atom. The quantitative estimate of drug-likeness (QED) is 0.851. The molecule has 0 atom stereocenters. The van der Waals surface area contributed by atoms with Gasteiger partial charge in [-0.1, -0.05) is 13.8 Å². The Hall–Kier alpha value is -1.75. The monoisotopic (exact) mass is 234 g/mol. The van der Waals surface area contributed by atoms with Crippen molar-refractivity contribution in [1.29, 1.82) is 0 Å². The summed E-state index contributed by atoms with van der Waals surface area (Å²) in [5, 5.41) is 3.28. The van der Waals surface area contributed by atoms with Crippen LogP contribution in [0.4, 0.5) is 4.39 Å². The standard InChI is InChI=1S/C12H15FN4/c1-8(2)14-6-10-7-16-12(17-10)11-4-3-9(13)5-15-11/h3-5,7-8,14H,6H2,1-2H3,(H,16,17). The van der Waals surface area contributed by atoms with E-state index in [1.165, 1.54) is 12.3 Å². The first-order chi connectivity index (χ1) is 8.15. The zero-order valence-electron chi connectivity index (χ0n) is 9.87. The van der Waals surface area contributed by atoms with Gasteiger partial charge in [-0.15, -0.1) is 0 Å². The normalized spacial score (nSPS) is 11.1. The number of aromatic amines is 1. The molecule has 5 heteroatoms. The van der Waals surface area contributed by atoms with Crippen LogP contribution in [0.5, 0.6) is 0 Å². The van der Waals surface area contributed by atoms with Crippen LogP contribution in [-0.4, -0.2) is 21.0 Å². The third kappa shape index (κ3) is 3.10. The Morgan fingerprint density at radius 2 is 2.12 bits per heavy atom. The lowest BCUT2D eigenvalue weighted by Gasteiger charge is -2.05. The number of rotatable bonds is 4. The molecule has 0 saturated heterocycles. The van der Waals surface area contributed by atoms with E-state index in [4.69, 9.17) is 0 Å². The van der Waals surface area contributed by atoms with Crippen LogP contribution >= 0.6 is 0 Å². The summed E-state index contributed by atoms with van der Waals surface area (Å²) in [6.07, 6.45) is 2.94. The number of hydrogen-bond acceptors (Lipinski definition) is 3. The van der Waals surface area contributed by atoms with Gasteiger partial charge in [0.05, 0.1) is 12.4 Å². The lowest BCUT2D eigenvalue weighted by Crippen LogP contribution is -2.21. The van der Waals surface area contributed by atoms with Crippen LogP contribution in [0.1, 0.15) is 19.5 Å². The summed E-state index contributed by atoms with van der Waals surface area (Å²) in [5.74, 6) is 0.313. The molecule has 0 unspecified atom stereocenters. The number of nitrogens with zero attached hydrogens (tertiary/aromatic N) is 2. The van der Waals surface area contributed by atoms with E-state index in [2.05, 4.69) is 34.1 Å². The molecule has 0 amide bonds. The molecule has 0 fully saturated rings. The van der Waals surface area contributed by atoms with Gasteiger partial charge < -0.3 is 10.3 Å². The van der Waals surface area contributed by atoms with Gasteiger partial charge in [-0.05, 0) is 12.1 Å². The van der Waals surface area contributed by atoms with Crippen molar-refractivity contribution >= 4 is 0 Å². The van der Waals surface area contributed by atoms with Gasteiger partial charge in [0, 0.05) is 18.3 Å². The summed E-state index contributed by atoms with van der Waals surface area (Å²) in [6, 6.07) is 3.40. The summed E-state index contributed by atoms with van der Waals surface area (Å²) in [6.45, 7) is 4.89. The van der Waals surface area contributed by atoms with E-state index in [9.17, 15) is 4.39 Å². The molecule has 17 heavy (non-hydrogen) atoms. The van der Waals surface area contributed by atoms with Crippen LogP contribution in [0, 0.1) is 5.82 Å². The summed E-state index contributed by atoms with van der Waals surface area (Å²) in [5.41, 5.74) is 1.63. The topological polar surface area (TPSA) is 53.6 Å². The van der Waals surface area contributed by atoms with Gasteiger partial charge >= 0.3 is 0 Å². The Balaban J connectivity index is 2.10. The summed E-state index contributed by atoms with van der Waals surface area (Å²) in [4.78, 5) is 11.3. The Kier molecular flexibility index (Phi) is 3.49. The van der Waals surface area contributed by atoms with E-state index in [1.54, 1.807) is 12.3 Å². The van der Waals surface area contributed by atoms with Gasteiger partial charge in [0.15, 0.2) is 5.82 Å². The molecule has 0 saturated carbocycles. The van der Waals surface area contributed by atoms with Crippen molar-refractivity contribution in [2.24, 2.45) is 0 Å². The minimum absolute atomic E-state index is 0.345. The highest BCUT2D eigenvalue weighted by atomic mass is 19.1. The third-order valence-corrected chi connectivity index (χ3v) is 2.30. The molecule has 2 N–H and O–H groups in total. The zero-order chi connectivity index (χ0) is 12.3. The van der Waals surface area contributed by atoms with Crippen LogP contribution in [0.2, 0.25) is 0 Å². The first kappa shape index (κ1) is 11.7. The average Bonchev–Trinajstić information content (AvgIpc) is 2.76. The number of hydrogen-bond donors (Lipinski definition) is 2. The zero-order valence-corrected chi connectivity index (χ0v) is 9.87. The molecule has 0 aliphatic rings. The van der Waals surface area contributed by atoms with Crippen molar-refractivity contribution in [3.8, 4) is 11.5 Å². The number of halogens is 1. The van der Waals surface area contributed by atoms with Crippen LogP contribution in [0.3, 0.4) is 0 Å². The Morgan fingerprint density at radius 3 is 2.76 bits per heavy atom. The molecular weight excluding hydrogens is 219 g/mol. The maximum Gasteiger partial charge on any atom is 0.156 e. The summed E-state index contributed by atoms with van der Waals surface area (Å²) < 4.78 is 12.7. The molecule has 0 spiro atoms. The highest BCUT2D eigenvalue weighted by Crippen LogP contribution is 2.12. The maximum atomic E-state index is 12.7. The lowest BCUT2D eigenvalue weighted by atomic mass is 10.3. The maximum absolute atomic E-state index is 12.7. The van der Waals surface area contributed by atoms with E-state index < -0.39 is 0 Å². The molecule has 0 bridgehead atoms. The highest BCUT2D eigenvalue weighted by Gasteiger charge is 2.05. The van der Waals surface area contributed by atoms with Gasteiger partial charge in [0.1, 0.15) is 11.5 Å². The van der Waals surface area contributed by atoms with E-state index in [-0.39, 0.29) is 5.82 Å². The second kappa shape index (κ2) is 5.05. The fourth-order valence-corrected chi connectivity index (χ4v) is 1.41. The van der Waals surface area contributed by atoms with Crippen molar-refractivity contribution in [1.82, 2.24) is 20.3 Å². The number of nitrogens with one attached hydrogen (secondary N) is 2. The molecule has 0 aromatic carbocycles. The largest absolute Gasteiger partial charge is 0.339 e. The number of imidazole rings is 1.